The van der Waals surface area contributed by atoms with Crippen LogP contribution in [0, 0.1) is 6.92 Å². The van der Waals surface area contributed by atoms with E-state index in [0.29, 0.717) is 46.4 Å². The number of aliphatic imine (C=N–C) groups is 1. The second-order valence-corrected chi connectivity index (χ2v) is 11.4. The molecule has 45 heavy (non-hydrogen) atoms. The molecule has 0 bridgehead atoms. The average molecular weight is 655 g/mol. The maximum Gasteiger partial charge on any atom is 0.247 e. The number of hydrogen-bond acceptors (Lipinski definition) is 9. The number of halogens is 2. The van der Waals surface area contributed by atoms with Gasteiger partial charge >= 0.3 is 0 Å². The molecule has 1 aliphatic heterocycles. The van der Waals surface area contributed by atoms with E-state index in [4.69, 9.17) is 37.7 Å². The summed E-state index contributed by atoms with van der Waals surface area (Å²) in [6.45, 7) is 9.17. The van der Waals surface area contributed by atoms with Crippen LogP contribution in [0.15, 0.2) is 48.1 Å². The standard InChI is InChI=1S/C32H37Cl2N7O4/c1-8-27(43)36-22-15-21(41-11-9-40(5)10-12-41)13-19(2)31(22)38-26-14-20(18-42)23(17-35-26)37-32(39(3)4)28-29(33)24(44-6)16-25(45-7)30(28)34/h8,13-18H,1,9-12H2,2-7H3,(H,35,38)(H,36,43). The van der Waals surface area contributed by atoms with Gasteiger partial charge in [0.2, 0.25) is 5.91 Å². The van der Waals surface area contributed by atoms with E-state index in [0.717, 1.165) is 37.4 Å². The second kappa shape index (κ2) is 14.6. The number of anilines is 4. The smallest absolute Gasteiger partial charge is 0.247 e. The number of ether oxygens (including phenoxy) is 2. The Bertz CT molecular complexity index is 1610. The molecule has 11 nitrogen and oxygen atoms in total. The fourth-order valence-corrected chi connectivity index (χ4v) is 5.56. The van der Waals surface area contributed by atoms with Crippen molar-refractivity contribution in [2.75, 3.05) is 77.1 Å². The molecule has 1 aromatic heterocycles. The summed E-state index contributed by atoms with van der Waals surface area (Å²) in [6, 6.07) is 7.17. The average Bonchev–Trinajstić information content (AvgIpc) is 3.02. The van der Waals surface area contributed by atoms with Crippen LogP contribution in [0.3, 0.4) is 0 Å². The van der Waals surface area contributed by atoms with E-state index in [-0.39, 0.29) is 27.2 Å². The fourth-order valence-electron chi connectivity index (χ4n) is 4.89. The number of methoxy groups -OCH3 is 2. The number of aryl methyl sites for hydroxylation is 1. The number of likely N-dealkylation sites (N-methyl/N-ethyl adjacent to an activating group) is 1. The number of piperazine rings is 1. The van der Waals surface area contributed by atoms with E-state index in [1.54, 1.807) is 31.1 Å². The molecule has 13 heteroatoms. The third-order valence-corrected chi connectivity index (χ3v) is 8.12. The van der Waals surface area contributed by atoms with Gasteiger partial charge in [0.05, 0.1) is 53.1 Å². The predicted molar refractivity (Wildman–Crippen MR) is 182 cm³/mol. The van der Waals surface area contributed by atoms with Crippen LogP contribution in [-0.2, 0) is 4.79 Å². The molecular formula is C32H37Cl2N7O4. The maximum absolute atomic E-state index is 12.4. The third-order valence-electron chi connectivity index (χ3n) is 7.37. The molecule has 0 unspecified atom stereocenters. The van der Waals surface area contributed by atoms with Crippen LogP contribution in [0.5, 0.6) is 11.5 Å². The van der Waals surface area contributed by atoms with Crippen molar-refractivity contribution in [2.24, 2.45) is 4.99 Å². The Balaban J connectivity index is 1.75. The molecule has 238 valence electrons. The Labute approximate surface area is 273 Å². The summed E-state index contributed by atoms with van der Waals surface area (Å²) < 4.78 is 10.8. The molecule has 0 saturated carbocycles. The number of carbonyl (C=O) groups is 2. The molecule has 0 atom stereocenters. The molecule has 4 rings (SSSR count). The van der Waals surface area contributed by atoms with Gasteiger partial charge in [-0.3, -0.25) is 9.59 Å². The van der Waals surface area contributed by atoms with Gasteiger partial charge in [0, 0.05) is 57.6 Å². The third kappa shape index (κ3) is 7.50. The SMILES string of the molecule is C=CC(=O)Nc1cc(N2CCN(C)CC2)cc(C)c1Nc1cc(C=O)c(N=C(c2c(Cl)c(OC)cc(OC)c2Cl)N(C)C)cn1. The van der Waals surface area contributed by atoms with Gasteiger partial charge < -0.3 is 34.8 Å². The highest BCUT2D eigenvalue weighted by atomic mass is 35.5. The number of carbonyl (C=O) groups excluding carboxylic acids is 2. The minimum atomic E-state index is -0.345. The quantitative estimate of drug-likeness (QED) is 0.122. The van der Waals surface area contributed by atoms with E-state index in [9.17, 15) is 9.59 Å². The second-order valence-electron chi connectivity index (χ2n) is 10.7. The topological polar surface area (TPSA) is 112 Å². The summed E-state index contributed by atoms with van der Waals surface area (Å²) in [4.78, 5) is 40.3. The van der Waals surface area contributed by atoms with E-state index in [1.165, 1.54) is 26.5 Å². The van der Waals surface area contributed by atoms with Crippen molar-refractivity contribution in [3.63, 3.8) is 0 Å². The lowest BCUT2D eigenvalue weighted by Crippen LogP contribution is -2.44. The van der Waals surface area contributed by atoms with Gasteiger partial charge in [0.1, 0.15) is 23.2 Å². The van der Waals surface area contributed by atoms with Crippen LogP contribution in [0.1, 0.15) is 21.5 Å². The highest BCUT2D eigenvalue weighted by Crippen LogP contribution is 2.42. The van der Waals surface area contributed by atoms with Crippen molar-refractivity contribution >= 4 is 69.8 Å². The number of hydrogen-bond donors (Lipinski definition) is 2. The highest BCUT2D eigenvalue weighted by molar-refractivity contribution is 6.42. The lowest BCUT2D eigenvalue weighted by Gasteiger charge is -2.34. The van der Waals surface area contributed by atoms with Crippen LogP contribution in [-0.4, -0.2) is 94.4 Å². The number of benzene rings is 2. The van der Waals surface area contributed by atoms with Gasteiger partial charge in [-0.05, 0) is 43.8 Å². The van der Waals surface area contributed by atoms with E-state index >= 15 is 0 Å². The number of amides is 1. The summed E-state index contributed by atoms with van der Waals surface area (Å²) in [5.41, 5.74) is 4.01. The van der Waals surface area contributed by atoms with Crippen LogP contribution >= 0.6 is 23.2 Å². The Kier molecular flexibility index (Phi) is 10.9. The molecule has 1 aliphatic rings. The van der Waals surface area contributed by atoms with Crippen molar-refractivity contribution in [1.82, 2.24) is 14.8 Å². The van der Waals surface area contributed by atoms with E-state index in [2.05, 4.69) is 45.1 Å². The first-order valence-electron chi connectivity index (χ1n) is 14.1. The number of amidine groups is 1. The Morgan fingerprint density at radius 1 is 1.07 bits per heavy atom. The predicted octanol–water partition coefficient (Wildman–Crippen LogP) is 5.79. The molecule has 2 aromatic carbocycles. The molecule has 2 heterocycles. The van der Waals surface area contributed by atoms with Gasteiger partial charge in [-0.2, -0.15) is 0 Å². The molecule has 0 aliphatic carbocycles. The first-order chi connectivity index (χ1) is 21.5. The Morgan fingerprint density at radius 2 is 1.71 bits per heavy atom. The Hall–Kier alpha value is -4.32. The highest BCUT2D eigenvalue weighted by Gasteiger charge is 2.24. The fraction of sp³-hybridized carbons (Fsp3) is 0.312. The molecule has 1 fully saturated rings. The van der Waals surface area contributed by atoms with Gasteiger partial charge in [-0.15, -0.1) is 0 Å². The van der Waals surface area contributed by atoms with Gasteiger partial charge in [-0.25, -0.2) is 9.98 Å². The molecule has 1 amide bonds. The van der Waals surface area contributed by atoms with Gasteiger partial charge in [0.15, 0.2) is 6.29 Å². The zero-order valence-electron chi connectivity index (χ0n) is 26.2. The number of nitrogens with one attached hydrogen (secondary N) is 2. The minimum Gasteiger partial charge on any atom is -0.495 e. The molecule has 0 spiro atoms. The van der Waals surface area contributed by atoms with E-state index < -0.39 is 0 Å². The minimum absolute atomic E-state index is 0.235. The molecule has 0 radical (unpaired) electrons. The largest absolute Gasteiger partial charge is 0.495 e. The summed E-state index contributed by atoms with van der Waals surface area (Å²) >= 11 is 13.3. The lowest BCUT2D eigenvalue weighted by atomic mass is 10.1. The summed E-state index contributed by atoms with van der Waals surface area (Å²) in [7, 11) is 8.62. The number of nitrogens with zero attached hydrogens (tertiary/aromatic N) is 5. The number of aromatic nitrogens is 1. The van der Waals surface area contributed by atoms with Gasteiger partial charge in [-0.1, -0.05) is 29.8 Å². The molecule has 2 N–H and O–H groups in total. The zero-order chi connectivity index (χ0) is 32.8. The normalized spacial score (nSPS) is 13.7. The van der Waals surface area contributed by atoms with Crippen LogP contribution in [0.25, 0.3) is 0 Å². The zero-order valence-corrected chi connectivity index (χ0v) is 27.7. The van der Waals surface area contributed by atoms with Crippen molar-refractivity contribution in [3.8, 4) is 11.5 Å². The summed E-state index contributed by atoms with van der Waals surface area (Å²) in [5, 5.41) is 6.67. The van der Waals surface area contributed by atoms with Crippen LogP contribution < -0.4 is 25.0 Å². The molecule has 3 aromatic rings. The lowest BCUT2D eigenvalue weighted by molar-refractivity contribution is -0.111. The Morgan fingerprint density at radius 3 is 2.27 bits per heavy atom. The van der Waals surface area contributed by atoms with Crippen molar-refractivity contribution in [3.05, 3.63) is 69.9 Å². The monoisotopic (exact) mass is 653 g/mol. The first kappa shape index (κ1) is 33.6. The molecule has 1 saturated heterocycles. The van der Waals surface area contributed by atoms with Gasteiger partial charge in [0.25, 0.3) is 0 Å². The molecular weight excluding hydrogens is 617 g/mol. The van der Waals surface area contributed by atoms with Crippen LogP contribution in [0.2, 0.25) is 10.0 Å². The van der Waals surface area contributed by atoms with Crippen molar-refractivity contribution in [2.45, 2.75) is 6.92 Å². The van der Waals surface area contributed by atoms with Crippen LogP contribution in [0.4, 0.5) is 28.6 Å². The number of pyridine rings is 1. The number of rotatable bonds is 10. The van der Waals surface area contributed by atoms with E-state index in [1.807, 2.05) is 13.0 Å². The maximum atomic E-state index is 12.4. The first-order valence-corrected chi connectivity index (χ1v) is 14.9. The van der Waals surface area contributed by atoms with Crippen molar-refractivity contribution < 1.29 is 19.1 Å². The van der Waals surface area contributed by atoms with Crippen molar-refractivity contribution in [1.29, 1.82) is 0 Å². The number of aldehydes is 1. The summed E-state index contributed by atoms with van der Waals surface area (Å²) in [5.74, 6) is 1.10. The summed E-state index contributed by atoms with van der Waals surface area (Å²) in [6.07, 6.45) is 3.39.